The number of anilines is 2. The van der Waals surface area contributed by atoms with Crippen LogP contribution in [-0.4, -0.2) is 27.2 Å². The molecule has 1 N–H and O–H groups in total. The van der Waals surface area contributed by atoms with Crippen LogP contribution in [0.25, 0.3) is 0 Å². The van der Waals surface area contributed by atoms with Crippen LogP contribution in [0, 0.1) is 13.8 Å². The number of carbonyl (C=O) groups is 1. The minimum atomic E-state index is -3.48. The Hall–Kier alpha value is -3.32. The molecule has 7 heteroatoms. The number of aryl methyl sites for hydroxylation is 2. The zero-order chi connectivity index (χ0) is 23.3. The van der Waals surface area contributed by atoms with Crippen molar-refractivity contribution in [2.24, 2.45) is 0 Å². The third-order valence-corrected chi connectivity index (χ3v) is 7.12. The highest BCUT2D eigenvalue weighted by Crippen LogP contribution is 2.26. The smallest absolute Gasteiger partial charge is 0.255 e. The lowest BCUT2D eigenvalue weighted by Crippen LogP contribution is -2.32. The number of hydrogen-bond donors (Lipinski definition) is 1. The molecule has 3 aromatic rings. The van der Waals surface area contributed by atoms with Crippen LogP contribution in [0.3, 0.4) is 0 Å². The summed E-state index contributed by atoms with van der Waals surface area (Å²) in [6, 6.07) is 19.7. The molecule has 0 radical (unpaired) electrons. The normalized spacial score (nSPS) is 11.1. The quantitative estimate of drug-likeness (QED) is 0.526. The topological polar surface area (TPSA) is 75.7 Å². The number of methoxy groups -OCH3 is 1. The number of nitrogens with zero attached hydrogens (tertiary/aromatic N) is 1. The minimum Gasteiger partial charge on any atom is -0.495 e. The van der Waals surface area contributed by atoms with Crippen LogP contribution in [0.4, 0.5) is 11.4 Å². The second-order valence-electron chi connectivity index (χ2n) is 7.53. The molecular weight excluding hydrogens is 424 g/mol. The molecule has 6 nitrogen and oxygen atoms in total. The molecule has 32 heavy (non-hydrogen) atoms. The molecule has 0 saturated heterocycles. The van der Waals surface area contributed by atoms with E-state index in [4.69, 9.17) is 4.74 Å². The van der Waals surface area contributed by atoms with E-state index in [1.807, 2.05) is 44.2 Å². The zero-order valence-corrected chi connectivity index (χ0v) is 19.6. The molecular formula is C25H28N2O4S. The summed E-state index contributed by atoms with van der Waals surface area (Å²) in [5, 5.41) is 2.84. The van der Waals surface area contributed by atoms with Gasteiger partial charge in [-0.25, -0.2) is 8.42 Å². The van der Waals surface area contributed by atoms with E-state index < -0.39 is 10.0 Å². The Morgan fingerprint density at radius 1 is 0.969 bits per heavy atom. The molecule has 3 rings (SSSR count). The number of para-hydroxylation sites is 2. The third kappa shape index (κ3) is 5.29. The number of sulfonamides is 1. The van der Waals surface area contributed by atoms with E-state index in [1.165, 1.54) is 4.31 Å². The van der Waals surface area contributed by atoms with E-state index >= 15 is 0 Å². The van der Waals surface area contributed by atoms with Crippen LogP contribution in [0.1, 0.15) is 34.0 Å². The van der Waals surface area contributed by atoms with Gasteiger partial charge in [-0.15, -0.1) is 0 Å². The highest BCUT2D eigenvalue weighted by atomic mass is 32.2. The molecule has 0 atom stereocenters. The van der Waals surface area contributed by atoms with E-state index in [2.05, 4.69) is 5.32 Å². The van der Waals surface area contributed by atoms with Gasteiger partial charge in [0, 0.05) is 5.56 Å². The van der Waals surface area contributed by atoms with Crippen molar-refractivity contribution in [3.63, 3.8) is 0 Å². The van der Waals surface area contributed by atoms with E-state index in [9.17, 15) is 13.2 Å². The maximum absolute atomic E-state index is 12.8. The van der Waals surface area contributed by atoms with Crippen LogP contribution in [-0.2, 0) is 16.6 Å². The van der Waals surface area contributed by atoms with Crippen LogP contribution >= 0.6 is 0 Å². The van der Waals surface area contributed by atoms with Crippen molar-refractivity contribution in [2.75, 3.05) is 22.5 Å². The van der Waals surface area contributed by atoms with Gasteiger partial charge in [0.2, 0.25) is 10.0 Å². The van der Waals surface area contributed by atoms with Gasteiger partial charge in [0.05, 0.1) is 30.8 Å². The first kappa shape index (κ1) is 23.3. The van der Waals surface area contributed by atoms with Gasteiger partial charge in [-0.05, 0) is 73.9 Å². The minimum absolute atomic E-state index is 0.000673. The Balaban J connectivity index is 1.81. The molecule has 1 amide bonds. The first-order chi connectivity index (χ1) is 15.2. The van der Waals surface area contributed by atoms with Gasteiger partial charge in [-0.2, -0.15) is 0 Å². The van der Waals surface area contributed by atoms with Crippen LogP contribution in [0.15, 0.2) is 66.7 Å². The van der Waals surface area contributed by atoms with Gasteiger partial charge in [0.1, 0.15) is 5.75 Å². The first-order valence-electron chi connectivity index (χ1n) is 10.4. The SMILES string of the molecule is CCS(=O)(=O)N(Cc1ccc(C(=O)Nc2ccccc2OC)cc1)c1ccc(C)c(C)c1. The summed E-state index contributed by atoms with van der Waals surface area (Å²) in [6.45, 7) is 5.78. The molecule has 0 heterocycles. The van der Waals surface area contributed by atoms with Gasteiger partial charge in [-0.3, -0.25) is 9.10 Å². The van der Waals surface area contributed by atoms with Crippen molar-refractivity contribution >= 4 is 27.3 Å². The predicted octanol–water partition coefficient (Wildman–Crippen LogP) is 4.92. The van der Waals surface area contributed by atoms with Crippen LogP contribution in [0.5, 0.6) is 5.75 Å². The fourth-order valence-electron chi connectivity index (χ4n) is 3.26. The summed E-state index contributed by atoms with van der Waals surface area (Å²) in [4.78, 5) is 12.6. The average Bonchev–Trinajstić information content (AvgIpc) is 2.80. The summed E-state index contributed by atoms with van der Waals surface area (Å²) < 4.78 is 32.3. The van der Waals surface area contributed by atoms with Gasteiger partial charge < -0.3 is 10.1 Å². The summed E-state index contributed by atoms with van der Waals surface area (Å²) in [5.41, 5.74) is 4.60. The molecule has 0 aliphatic carbocycles. The Labute approximate surface area is 189 Å². The molecule has 168 valence electrons. The zero-order valence-electron chi connectivity index (χ0n) is 18.8. The lowest BCUT2D eigenvalue weighted by atomic mass is 10.1. The number of carbonyl (C=O) groups excluding carboxylic acids is 1. The molecule has 0 fully saturated rings. The monoisotopic (exact) mass is 452 g/mol. The highest BCUT2D eigenvalue weighted by molar-refractivity contribution is 7.92. The predicted molar refractivity (Wildman–Crippen MR) is 129 cm³/mol. The van der Waals surface area contributed by atoms with Crippen LogP contribution in [0.2, 0.25) is 0 Å². The molecule has 0 unspecified atom stereocenters. The number of hydrogen-bond acceptors (Lipinski definition) is 4. The molecule has 0 aliphatic rings. The summed E-state index contributed by atoms with van der Waals surface area (Å²) >= 11 is 0. The first-order valence-corrected chi connectivity index (χ1v) is 12.0. The van der Waals surface area contributed by atoms with Crippen molar-refractivity contribution < 1.29 is 17.9 Å². The Morgan fingerprint density at radius 3 is 2.28 bits per heavy atom. The van der Waals surface area contributed by atoms with Gasteiger partial charge in [0.25, 0.3) is 5.91 Å². The van der Waals surface area contributed by atoms with Crippen molar-refractivity contribution in [1.29, 1.82) is 0 Å². The Kier molecular flexibility index (Phi) is 7.20. The lowest BCUT2D eigenvalue weighted by Gasteiger charge is -2.25. The van der Waals surface area contributed by atoms with Crippen molar-refractivity contribution in [1.82, 2.24) is 0 Å². The molecule has 0 aliphatic heterocycles. The largest absolute Gasteiger partial charge is 0.495 e. The standard InChI is InChI=1S/C25H28N2O4S/c1-5-32(29,30)27(22-15-10-18(2)19(3)16-22)17-20-11-13-21(14-12-20)25(28)26-23-8-6-7-9-24(23)31-4/h6-16H,5,17H2,1-4H3,(H,26,28). The summed E-state index contributed by atoms with van der Waals surface area (Å²) in [7, 11) is -1.93. The van der Waals surface area contributed by atoms with E-state index in [0.29, 0.717) is 22.7 Å². The highest BCUT2D eigenvalue weighted by Gasteiger charge is 2.21. The number of benzene rings is 3. The Morgan fingerprint density at radius 2 is 1.66 bits per heavy atom. The number of nitrogens with one attached hydrogen (secondary N) is 1. The molecule has 0 bridgehead atoms. The average molecular weight is 453 g/mol. The maximum Gasteiger partial charge on any atom is 0.255 e. The van der Waals surface area contributed by atoms with Crippen molar-refractivity contribution in [3.05, 3.63) is 89.0 Å². The number of ether oxygens (including phenoxy) is 1. The fourth-order valence-corrected chi connectivity index (χ4v) is 4.35. The molecule has 0 saturated carbocycles. The molecule has 0 spiro atoms. The maximum atomic E-state index is 12.8. The summed E-state index contributed by atoms with van der Waals surface area (Å²) in [5.74, 6) is 0.304. The van der Waals surface area contributed by atoms with Gasteiger partial charge in [-0.1, -0.05) is 30.3 Å². The number of amides is 1. The lowest BCUT2D eigenvalue weighted by molar-refractivity contribution is 0.102. The molecule has 0 aromatic heterocycles. The van der Waals surface area contributed by atoms with E-state index in [-0.39, 0.29) is 18.2 Å². The van der Waals surface area contributed by atoms with Crippen molar-refractivity contribution in [3.8, 4) is 5.75 Å². The third-order valence-electron chi connectivity index (χ3n) is 5.38. The van der Waals surface area contributed by atoms with E-state index in [0.717, 1.165) is 16.7 Å². The van der Waals surface area contributed by atoms with Crippen LogP contribution < -0.4 is 14.4 Å². The Bertz CT molecular complexity index is 1200. The van der Waals surface area contributed by atoms with Gasteiger partial charge >= 0.3 is 0 Å². The number of rotatable bonds is 8. The second-order valence-corrected chi connectivity index (χ2v) is 9.71. The fraction of sp³-hybridized carbons (Fsp3) is 0.240. The van der Waals surface area contributed by atoms with Gasteiger partial charge in [0.15, 0.2) is 0 Å². The van der Waals surface area contributed by atoms with E-state index in [1.54, 1.807) is 50.4 Å². The second kappa shape index (κ2) is 9.87. The summed E-state index contributed by atoms with van der Waals surface area (Å²) in [6.07, 6.45) is 0. The van der Waals surface area contributed by atoms with Crippen molar-refractivity contribution in [2.45, 2.75) is 27.3 Å². The molecule has 3 aromatic carbocycles.